The normalized spacial score (nSPS) is 16.5. The van der Waals surface area contributed by atoms with E-state index in [1.54, 1.807) is 24.3 Å². The third-order valence-corrected chi connectivity index (χ3v) is 6.03. The summed E-state index contributed by atoms with van der Waals surface area (Å²) in [7, 11) is 0. The molecule has 3 aromatic rings. The van der Waals surface area contributed by atoms with Crippen LogP contribution in [-0.4, -0.2) is 38.0 Å². The van der Waals surface area contributed by atoms with Gasteiger partial charge in [-0.25, -0.2) is 0 Å². The van der Waals surface area contributed by atoms with E-state index in [9.17, 15) is 9.59 Å². The Morgan fingerprint density at radius 3 is 1.35 bits per heavy atom. The molecule has 0 aromatic heterocycles. The second kappa shape index (κ2) is 10.1. The van der Waals surface area contributed by atoms with Gasteiger partial charge in [-0.05, 0) is 53.6 Å². The Morgan fingerprint density at radius 2 is 0.971 bits per heavy atom. The molecule has 3 aromatic carbocycles. The highest BCUT2D eigenvalue weighted by Crippen LogP contribution is 2.19. The van der Waals surface area contributed by atoms with E-state index in [-0.39, 0.29) is 24.1 Å². The summed E-state index contributed by atoms with van der Waals surface area (Å²) in [6.45, 7) is 3.75. The minimum Gasteiger partial charge on any atom is -0.322 e. The summed E-state index contributed by atoms with van der Waals surface area (Å²) in [6, 6.07) is 22.2. The van der Waals surface area contributed by atoms with Gasteiger partial charge in [0.15, 0.2) is 0 Å². The number of nitrogens with one attached hydrogen (secondary N) is 6. The van der Waals surface area contributed by atoms with Gasteiger partial charge in [0.1, 0.15) is 0 Å². The first-order valence-corrected chi connectivity index (χ1v) is 11.5. The maximum atomic E-state index is 12.8. The first-order chi connectivity index (χ1) is 16.7. The van der Waals surface area contributed by atoms with Gasteiger partial charge in [0.2, 0.25) is 0 Å². The maximum Gasteiger partial charge on any atom is 0.255 e. The van der Waals surface area contributed by atoms with Crippen LogP contribution < -0.4 is 31.9 Å². The first kappa shape index (κ1) is 22.2. The highest BCUT2D eigenvalue weighted by Gasteiger charge is 2.17. The van der Waals surface area contributed by atoms with Crippen molar-refractivity contribution >= 4 is 23.2 Å². The van der Waals surface area contributed by atoms with E-state index in [0.717, 1.165) is 37.3 Å². The minimum atomic E-state index is -0.263. The molecule has 2 saturated heterocycles. The molecule has 0 bridgehead atoms. The maximum absolute atomic E-state index is 12.8. The van der Waals surface area contributed by atoms with E-state index in [1.165, 1.54) is 0 Å². The van der Waals surface area contributed by atoms with E-state index < -0.39 is 0 Å². The van der Waals surface area contributed by atoms with Crippen molar-refractivity contribution < 1.29 is 9.59 Å². The van der Waals surface area contributed by atoms with Crippen molar-refractivity contribution in [2.75, 3.05) is 36.8 Å². The summed E-state index contributed by atoms with van der Waals surface area (Å²) in [5.74, 6) is -0.527. The fraction of sp³-hybridized carbons (Fsp3) is 0.231. The van der Waals surface area contributed by atoms with Crippen molar-refractivity contribution in [2.24, 2.45) is 0 Å². The lowest BCUT2D eigenvalue weighted by Crippen LogP contribution is -2.21. The Morgan fingerprint density at radius 1 is 0.588 bits per heavy atom. The number of carbonyl (C=O) groups excluding carboxylic acids is 2. The molecule has 6 N–H and O–H groups in total. The van der Waals surface area contributed by atoms with Crippen LogP contribution in [0.5, 0.6) is 0 Å². The van der Waals surface area contributed by atoms with Crippen molar-refractivity contribution in [3.8, 4) is 0 Å². The van der Waals surface area contributed by atoms with E-state index in [2.05, 4.69) is 31.9 Å². The van der Waals surface area contributed by atoms with Crippen LogP contribution in [0.15, 0.2) is 72.8 Å². The predicted octanol–water partition coefficient (Wildman–Crippen LogP) is 2.57. The van der Waals surface area contributed by atoms with Gasteiger partial charge in [-0.3, -0.25) is 30.9 Å². The quantitative estimate of drug-likeness (QED) is 0.341. The third kappa shape index (κ3) is 5.16. The molecule has 0 spiro atoms. The summed E-state index contributed by atoms with van der Waals surface area (Å²) in [5.41, 5.74) is 4.49. The fourth-order valence-electron chi connectivity index (χ4n) is 4.21. The Hall–Kier alpha value is -3.56. The molecular formula is C26H28N6O2. The molecule has 2 heterocycles. The van der Waals surface area contributed by atoms with E-state index in [1.807, 2.05) is 48.5 Å². The summed E-state index contributed by atoms with van der Waals surface area (Å²) < 4.78 is 0. The highest BCUT2D eigenvalue weighted by atomic mass is 16.2. The summed E-state index contributed by atoms with van der Waals surface area (Å²) in [4.78, 5) is 25.5. The average molecular weight is 457 g/mol. The number of rotatable bonds is 6. The van der Waals surface area contributed by atoms with Gasteiger partial charge in [0, 0.05) is 48.7 Å². The average Bonchev–Trinajstić information content (AvgIpc) is 3.60. The Bertz CT molecular complexity index is 1060. The third-order valence-electron chi connectivity index (χ3n) is 6.03. The van der Waals surface area contributed by atoms with E-state index in [4.69, 9.17) is 0 Å². The SMILES string of the molecule is O=C(Nc1ccc(C2NCCN2)cc1)c1cccc(C(=O)Nc2ccc(C3NCCN3)cc2)c1. The molecule has 174 valence electrons. The Labute approximate surface area is 198 Å². The number of hydrogen-bond acceptors (Lipinski definition) is 6. The van der Waals surface area contributed by atoms with Crippen LogP contribution in [-0.2, 0) is 0 Å². The van der Waals surface area contributed by atoms with Crippen molar-refractivity contribution in [3.05, 3.63) is 95.1 Å². The van der Waals surface area contributed by atoms with Gasteiger partial charge in [-0.1, -0.05) is 30.3 Å². The van der Waals surface area contributed by atoms with E-state index in [0.29, 0.717) is 22.5 Å². The molecule has 2 fully saturated rings. The van der Waals surface area contributed by atoms with Crippen LogP contribution in [0.25, 0.3) is 0 Å². The van der Waals surface area contributed by atoms with Crippen LogP contribution in [0.2, 0.25) is 0 Å². The second-order valence-corrected chi connectivity index (χ2v) is 8.42. The molecular weight excluding hydrogens is 428 g/mol. The molecule has 34 heavy (non-hydrogen) atoms. The summed E-state index contributed by atoms with van der Waals surface area (Å²) >= 11 is 0. The number of benzene rings is 3. The standard InChI is InChI=1S/C26H28N6O2/c33-25(31-21-8-4-17(5-9-21)23-27-12-13-28-23)19-2-1-3-20(16-19)26(34)32-22-10-6-18(7-11-22)24-29-14-15-30-24/h1-11,16,23-24,27-30H,12-15H2,(H,31,33)(H,32,34). The van der Waals surface area contributed by atoms with Crippen LogP contribution in [0.1, 0.15) is 44.2 Å². The largest absolute Gasteiger partial charge is 0.322 e. The van der Waals surface area contributed by atoms with Gasteiger partial charge in [0.05, 0.1) is 12.3 Å². The van der Waals surface area contributed by atoms with Crippen molar-refractivity contribution in [2.45, 2.75) is 12.3 Å². The first-order valence-electron chi connectivity index (χ1n) is 11.5. The van der Waals surface area contributed by atoms with Crippen molar-refractivity contribution in [1.82, 2.24) is 21.3 Å². The summed E-state index contributed by atoms with van der Waals surface area (Å²) in [6.07, 6.45) is 0.291. The van der Waals surface area contributed by atoms with Crippen LogP contribution >= 0.6 is 0 Å². The topological polar surface area (TPSA) is 106 Å². The lowest BCUT2D eigenvalue weighted by molar-refractivity contribution is 0.102. The number of carbonyl (C=O) groups is 2. The molecule has 0 aliphatic carbocycles. The van der Waals surface area contributed by atoms with Gasteiger partial charge in [0.25, 0.3) is 11.8 Å². The number of anilines is 2. The lowest BCUT2D eigenvalue weighted by Gasteiger charge is -2.13. The molecule has 5 rings (SSSR count). The van der Waals surface area contributed by atoms with Crippen molar-refractivity contribution in [1.29, 1.82) is 0 Å². The molecule has 2 aliphatic rings. The van der Waals surface area contributed by atoms with Gasteiger partial charge in [-0.15, -0.1) is 0 Å². The Balaban J connectivity index is 1.21. The molecule has 0 atom stereocenters. The zero-order valence-corrected chi connectivity index (χ0v) is 18.7. The molecule has 8 nitrogen and oxygen atoms in total. The lowest BCUT2D eigenvalue weighted by atomic mass is 10.1. The molecule has 2 aliphatic heterocycles. The molecule has 0 unspecified atom stereocenters. The molecule has 0 saturated carbocycles. The smallest absolute Gasteiger partial charge is 0.255 e. The monoisotopic (exact) mass is 456 g/mol. The minimum absolute atomic E-state index is 0.146. The van der Waals surface area contributed by atoms with Gasteiger partial charge in [-0.2, -0.15) is 0 Å². The van der Waals surface area contributed by atoms with Gasteiger partial charge < -0.3 is 10.6 Å². The molecule has 0 radical (unpaired) electrons. The Kier molecular flexibility index (Phi) is 6.64. The predicted molar refractivity (Wildman–Crippen MR) is 133 cm³/mol. The highest BCUT2D eigenvalue weighted by molar-refractivity contribution is 6.08. The van der Waals surface area contributed by atoms with Crippen LogP contribution in [0.3, 0.4) is 0 Å². The fourth-order valence-corrected chi connectivity index (χ4v) is 4.21. The van der Waals surface area contributed by atoms with Crippen molar-refractivity contribution in [3.63, 3.8) is 0 Å². The number of hydrogen-bond donors (Lipinski definition) is 6. The van der Waals surface area contributed by atoms with Crippen LogP contribution in [0, 0.1) is 0 Å². The summed E-state index contributed by atoms with van der Waals surface area (Å²) in [5, 5.41) is 19.3. The molecule has 8 heteroatoms. The van der Waals surface area contributed by atoms with Gasteiger partial charge >= 0.3 is 0 Å². The second-order valence-electron chi connectivity index (χ2n) is 8.42. The zero-order chi connectivity index (χ0) is 23.3. The van der Waals surface area contributed by atoms with Crippen LogP contribution in [0.4, 0.5) is 11.4 Å². The number of amides is 2. The van der Waals surface area contributed by atoms with E-state index >= 15 is 0 Å². The molecule has 2 amide bonds. The zero-order valence-electron chi connectivity index (χ0n) is 18.7.